The number of halogens is 1. The minimum atomic E-state index is 0. The van der Waals surface area contributed by atoms with Crippen LogP contribution in [0.2, 0.25) is 0 Å². The molecule has 2 nitrogen and oxygen atoms in total. The maximum atomic E-state index is 3.43. The maximum Gasteiger partial charge on any atom is 0.211 e. The molecule has 3 heteroatoms. The fourth-order valence-electron chi connectivity index (χ4n) is 2.72. The third kappa shape index (κ3) is 3.39. The summed E-state index contributed by atoms with van der Waals surface area (Å²) in [6, 6.07) is 20.8. The molecule has 1 aromatic heterocycles. The lowest BCUT2D eigenvalue weighted by Gasteiger charge is -2.14. The number of rotatable bonds is 2. The fourth-order valence-corrected chi connectivity index (χ4v) is 2.72. The molecule has 2 heterocycles. The van der Waals surface area contributed by atoms with Crippen molar-refractivity contribution >= 4 is 28.7 Å². The fraction of sp³-hybridized carbons (Fsp3) is 0. The first-order valence-electron chi connectivity index (χ1n) is 7.72. The average Bonchev–Trinajstić information content (AvgIpc) is 2.61. The first-order valence-corrected chi connectivity index (χ1v) is 7.72. The molecule has 1 aliphatic heterocycles. The third-order valence-corrected chi connectivity index (χ3v) is 3.92. The van der Waals surface area contributed by atoms with E-state index >= 15 is 0 Å². The maximum absolute atomic E-state index is 3.43. The van der Waals surface area contributed by atoms with E-state index in [-0.39, 0.29) is 12.4 Å². The lowest BCUT2D eigenvalue weighted by Crippen LogP contribution is -3.00. The average molecular weight is 333 g/mol. The number of benzene rings is 2. The molecule has 118 valence electrons. The molecule has 4 rings (SSSR count). The summed E-state index contributed by atoms with van der Waals surface area (Å²) < 4.78 is 0. The minimum absolute atomic E-state index is 0. The van der Waals surface area contributed by atoms with Gasteiger partial charge in [0.05, 0.1) is 0 Å². The largest absolute Gasteiger partial charge is 1.00 e. The number of allylic oxidation sites excluding steroid dienone is 3. The summed E-state index contributed by atoms with van der Waals surface area (Å²) in [4.78, 5) is 3.43. The summed E-state index contributed by atoms with van der Waals surface area (Å²) in [5, 5.41) is 4.64. The van der Waals surface area contributed by atoms with Crippen molar-refractivity contribution in [1.82, 2.24) is 0 Å². The van der Waals surface area contributed by atoms with Crippen LogP contribution in [-0.4, -0.2) is 0 Å². The number of hydrogen-bond donors (Lipinski definition) is 1. The van der Waals surface area contributed by atoms with E-state index in [1.807, 2.05) is 12.1 Å². The highest BCUT2D eigenvalue weighted by atomic mass is 35.5. The Bertz CT molecular complexity index is 955. The van der Waals surface area contributed by atoms with Crippen LogP contribution in [0.1, 0.15) is 11.3 Å². The Hall–Kier alpha value is -2.84. The van der Waals surface area contributed by atoms with Gasteiger partial charge in [0.15, 0.2) is 0 Å². The molecule has 3 aromatic rings. The first kappa shape index (κ1) is 16.0. The van der Waals surface area contributed by atoms with E-state index in [4.69, 9.17) is 0 Å². The number of para-hydroxylation sites is 2. The Morgan fingerprint density at radius 1 is 0.833 bits per heavy atom. The molecule has 2 N–H and O–H groups in total. The van der Waals surface area contributed by atoms with Crippen molar-refractivity contribution in [3.8, 4) is 0 Å². The number of pyridine rings is 1. The van der Waals surface area contributed by atoms with Gasteiger partial charge in [-0.3, -0.25) is 0 Å². The van der Waals surface area contributed by atoms with Crippen LogP contribution in [-0.2, 0) is 0 Å². The van der Waals surface area contributed by atoms with Crippen molar-refractivity contribution in [3.05, 3.63) is 95.8 Å². The second kappa shape index (κ2) is 7.16. The molecule has 0 saturated heterocycles. The molecule has 24 heavy (non-hydrogen) atoms. The van der Waals surface area contributed by atoms with E-state index in [2.05, 4.69) is 89.2 Å². The molecule has 0 amide bonds. The molecule has 2 aromatic carbocycles. The quantitative estimate of drug-likeness (QED) is 0.759. The Labute approximate surface area is 147 Å². The Morgan fingerprint density at radius 3 is 2.62 bits per heavy atom. The Morgan fingerprint density at radius 2 is 1.67 bits per heavy atom. The molecule has 0 unspecified atom stereocenters. The molecular weight excluding hydrogens is 316 g/mol. The van der Waals surface area contributed by atoms with Crippen molar-refractivity contribution in [2.24, 2.45) is 0 Å². The van der Waals surface area contributed by atoms with E-state index < -0.39 is 0 Å². The predicted octanol–water partition coefficient (Wildman–Crippen LogP) is 1.69. The molecule has 0 radical (unpaired) electrons. The number of hydrogen-bond acceptors (Lipinski definition) is 1. The second-order valence-electron chi connectivity index (χ2n) is 5.53. The lowest BCUT2D eigenvalue weighted by atomic mass is 10.1. The number of aromatic nitrogens is 1. The van der Waals surface area contributed by atoms with E-state index in [0.717, 1.165) is 22.6 Å². The molecule has 0 fully saturated rings. The minimum Gasteiger partial charge on any atom is -1.00 e. The number of nitrogens with one attached hydrogen (secondary N) is 2. The highest BCUT2D eigenvalue weighted by Crippen LogP contribution is 2.23. The van der Waals surface area contributed by atoms with Crippen LogP contribution in [0.25, 0.3) is 23.1 Å². The van der Waals surface area contributed by atoms with Gasteiger partial charge in [0, 0.05) is 35.0 Å². The highest BCUT2D eigenvalue weighted by molar-refractivity contribution is 5.76. The monoisotopic (exact) mass is 332 g/mol. The molecule has 0 bridgehead atoms. The van der Waals surface area contributed by atoms with Crippen LogP contribution in [0.3, 0.4) is 0 Å². The number of anilines is 1. The van der Waals surface area contributed by atoms with Gasteiger partial charge in [-0.05, 0) is 35.9 Å². The molecular formula is C21H17ClN2. The zero-order valence-corrected chi connectivity index (χ0v) is 13.8. The summed E-state index contributed by atoms with van der Waals surface area (Å²) in [7, 11) is 0. The number of H-pyrrole nitrogens is 1. The van der Waals surface area contributed by atoms with Gasteiger partial charge in [-0.25, -0.2) is 4.98 Å². The van der Waals surface area contributed by atoms with E-state index in [0.29, 0.717) is 0 Å². The topological polar surface area (TPSA) is 26.2 Å². The van der Waals surface area contributed by atoms with Crippen molar-refractivity contribution < 1.29 is 17.4 Å². The normalized spacial score (nSPS) is 14.4. The Kier molecular flexibility index (Phi) is 4.78. The molecule has 0 atom stereocenters. The van der Waals surface area contributed by atoms with Crippen LogP contribution in [0.5, 0.6) is 0 Å². The van der Waals surface area contributed by atoms with Gasteiger partial charge in [0.1, 0.15) is 0 Å². The summed E-state index contributed by atoms with van der Waals surface area (Å²) in [6.45, 7) is 0. The summed E-state index contributed by atoms with van der Waals surface area (Å²) >= 11 is 0. The van der Waals surface area contributed by atoms with Crippen LogP contribution < -0.4 is 22.7 Å². The van der Waals surface area contributed by atoms with Crippen molar-refractivity contribution in [1.29, 1.82) is 0 Å². The summed E-state index contributed by atoms with van der Waals surface area (Å²) in [5.74, 6) is 0. The Balaban J connectivity index is 0.00000169. The molecule has 0 saturated carbocycles. The SMILES string of the molecule is C1=Cc2ccccc2N/C1=C/C=C/c1ccc2ccccc2[nH+]1.[Cl-]. The smallest absolute Gasteiger partial charge is 0.211 e. The van der Waals surface area contributed by atoms with Gasteiger partial charge in [-0.2, -0.15) is 0 Å². The van der Waals surface area contributed by atoms with E-state index in [1.165, 1.54) is 10.9 Å². The van der Waals surface area contributed by atoms with Crippen LogP contribution in [0.4, 0.5) is 5.69 Å². The van der Waals surface area contributed by atoms with Crippen LogP contribution >= 0.6 is 0 Å². The van der Waals surface area contributed by atoms with Crippen molar-refractivity contribution in [2.45, 2.75) is 0 Å². The lowest BCUT2D eigenvalue weighted by molar-refractivity contribution is -0.347. The van der Waals surface area contributed by atoms with Gasteiger partial charge >= 0.3 is 0 Å². The first-order chi connectivity index (χ1) is 11.4. The predicted molar refractivity (Wildman–Crippen MR) is 96.7 cm³/mol. The van der Waals surface area contributed by atoms with E-state index in [9.17, 15) is 0 Å². The highest BCUT2D eigenvalue weighted by Gasteiger charge is 2.04. The molecule has 1 aliphatic rings. The number of fused-ring (bicyclic) bond motifs is 2. The standard InChI is InChI=1S/C21H16N2.ClH/c1-3-10-20-16(6-1)12-14-18(22-20)8-5-9-19-15-13-17-7-2-4-11-21(17)23-19;/h1-15,22H;1H/b9-5+,18-8+;. The second-order valence-corrected chi connectivity index (χ2v) is 5.53. The van der Waals surface area contributed by atoms with Crippen molar-refractivity contribution in [2.75, 3.05) is 5.32 Å². The van der Waals surface area contributed by atoms with Gasteiger partial charge in [-0.15, -0.1) is 0 Å². The van der Waals surface area contributed by atoms with Crippen molar-refractivity contribution in [3.63, 3.8) is 0 Å². The van der Waals surface area contributed by atoms with E-state index in [1.54, 1.807) is 0 Å². The summed E-state index contributed by atoms with van der Waals surface area (Å²) in [5.41, 5.74) is 5.68. The van der Waals surface area contributed by atoms with Gasteiger partial charge in [0.2, 0.25) is 11.2 Å². The van der Waals surface area contributed by atoms with Crippen LogP contribution in [0.15, 0.2) is 84.6 Å². The van der Waals surface area contributed by atoms with Gasteiger partial charge < -0.3 is 17.7 Å². The third-order valence-electron chi connectivity index (χ3n) is 3.92. The number of aromatic amines is 1. The zero-order chi connectivity index (χ0) is 15.5. The molecule has 0 spiro atoms. The summed E-state index contributed by atoms with van der Waals surface area (Å²) in [6.07, 6.45) is 10.4. The van der Waals surface area contributed by atoms with Gasteiger partial charge in [-0.1, -0.05) is 42.5 Å². The molecule has 0 aliphatic carbocycles. The van der Waals surface area contributed by atoms with Crippen LogP contribution in [0, 0.1) is 0 Å². The van der Waals surface area contributed by atoms with Gasteiger partial charge in [0.25, 0.3) is 0 Å². The zero-order valence-electron chi connectivity index (χ0n) is 13.0.